The van der Waals surface area contributed by atoms with Crippen molar-refractivity contribution in [2.45, 2.75) is 20.8 Å². The molecule has 0 aliphatic heterocycles. The molecule has 164 valence electrons. The molecule has 0 radical (unpaired) electrons. The molecule has 0 fully saturated rings. The molecular weight excluding hydrogens is 455 g/mol. The standard InChI is InChI=1S/C22H18Cl2N4O4/c1-22(2,3)20(30)32-28-19(29)16-17(26-21(28)31)25-18(14-6-4-5-7-15(14)24)27(16)13-10-8-12(23)9-11-13/h4-11H,1-3H3,(H,26,31). The molecule has 2 heterocycles. The van der Waals surface area contributed by atoms with E-state index in [0.29, 0.717) is 31.9 Å². The normalized spacial score (nSPS) is 11.7. The fraction of sp³-hybridized carbons (Fsp3) is 0.182. The smallest absolute Gasteiger partial charge is 0.328 e. The first-order valence-electron chi connectivity index (χ1n) is 9.59. The Balaban J connectivity index is 2.07. The zero-order valence-electron chi connectivity index (χ0n) is 17.3. The lowest BCUT2D eigenvalue weighted by atomic mass is 9.98. The first-order valence-corrected chi connectivity index (χ1v) is 10.3. The Morgan fingerprint density at radius 2 is 1.69 bits per heavy atom. The van der Waals surface area contributed by atoms with E-state index in [0.717, 1.165) is 0 Å². The van der Waals surface area contributed by atoms with Gasteiger partial charge in [0.15, 0.2) is 11.2 Å². The number of halogens is 2. The van der Waals surface area contributed by atoms with E-state index in [1.807, 2.05) is 0 Å². The van der Waals surface area contributed by atoms with Crippen LogP contribution in [0.25, 0.3) is 28.2 Å². The summed E-state index contributed by atoms with van der Waals surface area (Å²) < 4.78 is 1.94. The fourth-order valence-electron chi connectivity index (χ4n) is 3.01. The summed E-state index contributed by atoms with van der Waals surface area (Å²) in [5.74, 6) is -0.422. The maximum Gasteiger partial charge on any atom is 0.364 e. The molecule has 0 amide bonds. The number of benzene rings is 2. The van der Waals surface area contributed by atoms with Gasteiger partial charge >= 0.3 is 17.2 Å². The second-order valence-corrected chi connectivity index (χ2v) is 8.93. The molecule has 2 aromatic carbocycles. The number of imidazole rings is 1. The predicted octanol–water partition coefficient (Wildman–Crippen LogP) is 3.85. The number of carbonyl (C=O) groups excluding carboxylic acids is 1. The van der Waals surface area contributed by atoms with Crippen molar-refractivity contribution in [3.05, 3.63) is 79.4 Å². The highest BCUT2D eigenvalue weighted by atomic mass is 35.5. The summed E-state index contributed by atoms with van der Waals surface area (Å²) >= 11 is 12.4. The highest BCUT2D eigenvalue weighted by Gasteiger charge is 2.27. The van der Waals surface area contributed by atoms with E-state index in [1.165, 1.54) is 4.57 Å². The van der Waals surface area contributed by atoms with Crippen LogP contribution in [-0.4, -0.2) is 25.2 Å². The van der Waals surface area contributed by atoms with Crippen molar-refractivity contribution in [1.82, 2.24) is 19.3 Å². The summed E-state index contributed by atoms with van der Waals surface area (Å²) in [5, 5.41) is 0.905. The van der Waals surface area contributed by atoms with Gasteiger partial charge in [0.25, 0.3) is 0 Å². The number of H-pyrrole nitrogens is 1. The monoisotopic (exact) mass is 472 g/mol. The third kappa shape index (κ3) is 3.83. The first kappa shape index (κ1) is 21.9. The molecule has 4 rings (SSSR count). The highest BCUT2D eigenvalue weighted by molar-refractivity contribution is 6.33. The lowest BCUT2D eigenvalue weighted by Gasteiger charge is -2.16. The van der Waals surface area contributed by atoms with Crippen LogP contribution in [0.4, 0.5) is 0 Å². The van der Waals surface area contributed by atoms with Crippen molar-refractivity contribution in [3.63, 3.8) is 0 Å². The molecule has 0 saturated heterocycles. The number of hydrogen-bond acceptors (Lipinski definition) is 5. The number of carbonyl (C=O) groups is 1. The van der Waals surface area contributed by atoms with E-state index in [2.05, 4.69) is 9.97 Å². The molecule has 10 heteroatoms. The summed E-state index contributed by atoms with van der Waals surface area (Å²) in [6, 6.07) is 13.7. The van der Waals surface area contributed by atoms with Gasteiger partial charge in [-0.2, -0.15) is 0 Å². The number of aromatic nitrogens is 4. The number of nitrogens with one attached hydrogen (secondary N) is 1. The molecule has 1 N–H and O–H groups in total. The lowest BCUT2D eigenvalue weighted by Crippen LogP contribution is -2.45. The van der Waals surface area contributed by atoms with Crippen molar-refractivity contribution in [3.8, 4) is 17.1 Å². The second-order valence-electron chi connectivity index (χ2n) is 8.08. The number of fused-ring (bicyclic) bond motifs is 1. The second kappa shape index (κ2) is 7.96. The Labute approximate surface area is 191 Å². The minimum atomic E-state index is -0.931. The first-order chi connectivity index (χ1) is 15.1. The minimum Gasteiger partial charge on any atom is -0.328 e. The van der Waals surface area contributed by atoms with Crippen molar-refractivity contribution < 1.29 is 9.63 Å². The van der Waals surface area contributed by atoms with E-state index in [9.17, 15) is 14.4 Å². The maximum atomic E-state index is 13.3. The Bertz CT molecular complexity index is 1460. The van der Waals surface area contributed by atoms with Gasteiger partial charge in [-0.3, -0.25) is 14.3 Å². The van der Waals surface area contributed by atoms with Gasteiger partial charge in [-0.25, -0.2) is 14.6 Å². The van der Waals surface area contributed by atoms with E-state index in [4.69, 9.17) is 28.0 Å². The molecule has 0 spiro atoms. The number of rotatable bonds is 3. The average molecular weight is 473 g/mol. The average Bonchev–Trinajstić information content (AvgIpc) is 3.10. The van der Waals surface area contributed by atoms with Crippen molar-refractivity contribution in [1.29, 1.82) is 0 Å². The number of hydrogen-bond donors (Lipinski definition) is 1. The van der Waals surface area contributed by atoms with Crippen molar-refractivity contribution in [2.75, 3.05) is 0 Å². The number of nitrogens with zero attached hydrogens (tertiary/aromatic N) is 3. The molecule has 2 aromatic heterocycles. The van der Waals surface area contributed by atoms with Gasteiger partial charge < -0.3 is 4.84 Å². The van der Waals surface area contributed by atoms with Crippen molar-refractivity contribution in [2.24, 2.45) is 5.41 Å². The van der Waals surface area contributed by atoms with Crippen LogP contribution in [0.2, 0.25) is 10.0 Å². The Hall–Kier alpha value is -3.36. The van der Waals surface area contributed by atoms with Gasteiger partial charge in [0, 0.05) is 16.3 Å². The van der Waals surface area contributed by atoms with Gasteiger partial charge in [-0.1, -0.05) is 40.1 Å². The van der Waals surface area contributed by atoms with Gasteiger partial charge in [0.1, 0.15) is 5.82 Å². The Morgan fingerprint density at radius 1 is 1.03 bits per heavy atom. The lowest BCUT2D eigenvalue weighted by molar-refractivity contribution is -0.154. The largest absolute Gasteiger partial charge is 0.364 e. The highest BCUT2D eigenvalue weighted by Crippen LogP contribution is 2.31. The van der Waals surface area contributed by atoms with E-state index in [1.54, 1.807) is 69.3 Å². The molecule has 32 heavy (non-hydrogen) atoms. The van der Waals surface area contributed by atoms with Crippen LogP contribution in [0.15, 0.2) is 58.1 Å². The zero-order chi connectivity index (χ0) is 23.2. The number of aromatic amines is 1. The van der Waals surface area contributed by atoms with E-state index < -0.39 is 22.6 Å². The van der Waals surface area contributed by atoms with Gasteiger partial charge in [0.2, 0.25) is 0 Å². The zero-order valence-corrected chi connectivity index (χ0v) is 18.9. The van der Waals surface area contributed by atoms with Crippen LogP contribution >= 0.6 is 23.2 Å². The van der Waals surface area contributed by atoms with E-state index >= 15 is 0 Å². The SMILES string of the molecule is CC(C)(C)C(=O)On1c(=O)[nH]c2nc(-c3ccccc3Cl)n(-c3ccc(Cl)cc3)c2c1=O. The summed E-state index contributed by atoms with van der Waals surface area (Å²) in [6.07, 6.45) is 0. The summed E-state index contributed by atoms with van der Waals surface area (Å²) in [4.78, 5) is 50.4. The molecule has 4 aromatic rings. The summed E-state index contributed by atoms with van der Waals surface area (Å²) in [5.41, 5.74) is -1.59. The fourth-order valence-corrected chi connectivity index (χ4v) is 3.36. The predicted molar refractivity (Wildman–Crippen MR) is 122 cm³/mol. The molecule has 0 aliphatic carbocycles. The quantitative estimate of drug-likeness (QED) is 0.488. The van der Waals surface area contributed by atoms with Gasteiger partial charge in [-0.15, -0.1) is 0 Å². The van der Waals surface area contributed by atoms with Crippen LogP contribution in [0.5, 0.6) is 0 Å². The molecular formula is C22H18Cl2N4O4. The third-order valence-electron chi connectivity index (χ3n) is 4.66. The molecule has 0 bridgehead atoms. The van der Waals surface area contributed by atoms with Crippen LogP contribution in [-0.2, 0) is 4.79 Å². The summed E-state index contributed by atoms with van der Waals surface area (Å²) in [7, 11) is 0. The molecule has 0 atom stereocenters. The van der Waals surface area contributed by atoms with Crippen LogP contribution in [0.3, 0.4) is 0 Å². The Kier molecular flexibility index (Phi) is 5.44. The topological polar surface area (TPSA) is 99.0 Å². The third-order valence-corrected chi connectivity index (χ3v) is 5.24. The molecule has 0 saturated carbocycles. The molecule has 8 nitrogen and oxygen atoms in total. The van der Waals surface area contributed by atoms with Crippen LogP contribution < -0.4 is 16.1 Å². The molecule has 0 unspecified atom stereocenters. The van der Waals surface area contributed by atoms with Crippen LogP contribution in [0.1, 0.15) is 20.8 Å². The van der Waals surface area contributed by atoms with Gasteiger partial charge in [0.05, 0.1) is 10.4 Å². The van der Waals surface area contributed by atoms with Crippen LogP contribution in [0, 0.1) is 5.41 Å². The minimum absolute atomic E-state index is 0.00329. The van der Waals surface area contributed by atoms with Crippen molar-refractivity contribution >= 4 is 40.3 Å². The Morgan fingerprint density at radius 3 is 2.31 bits per heavy atom. The molecule has 0 aliphatic rings. The van der Waals surface area contributed by atoms with Gasteiger partial charge in [-0.05, 0) is 57.2 Å². The summed E-state index contributed by atoms with van der Waals surface area (Å²) in [6.45, 7) is 4.83. The maximum absolute atomic E-state index is 13.3. The van der Waals surface area contributed by atoms with E-state index in [-0.39, 0.29) is 11.2 Å².